The van der Waals surface area contributed by atoms with Crippen molar-refractivity contribution in [1.82, 2.24) is 10.3 Å². The molecule has 0 spiro atoms. The minimum atomic E-state index is 0.0619. The predicted octanol–water partition coefficient (Wildman–Crippen LogP) is 3.30. The normalized spacial score (nSPS) is 12.0. The van der Waals surface area contributed by atoms with Crippen molar-refractivity contribution in [3.05, 3.63) is 45.9 Å². The molecule has 0 saturated heterocycles. The molecule has 0 saturated carbocycles. The first-order valence-corrected chi connectivity index (χ1v) is 8.00. The molecular weight excluding hydrogens is 282 g/mol. The minimum Gasteiger partial charge on any atom is -0.378 e. The highest BCUT2D eigenvalue weighted by Gasteiger charge is 2.10. The maximum absolute atomic E-state index is 11.5. The molecule has 21 heavy (non-hydrogen) atoms. The van der Waals surface area contributed by atoms with Gasteiger partial charge in [0.2, 0.25) is 5.91 Å². The first-order valence-electron chi connectivity index (χ1n) is 7.12. The molecule has 1 atom stereocenters. The van der Waals surface area contributed by atoms with Crippen molar-refractivity contribution in [2.45, 2.75) is 33.2 Å². The van der Waals surface area contributed by atoms with Gasteiger partial charge >= 0.3 is 0 Å². The molecule has 1 unspecified atom stereocenters. The van der Waals surface area contributed by atoms with Crippen LogP contribution in [0, 0.1) is 6.92 Å². The van der Waals surface area contributed by atoms with Gasteiger partial charge in [0.05, 0.1) is 23.7 Å². The monoisotopic (exact) mass is 303 g/mol. The van der Waals surface area contributed by atoms with Crippen LogP contribution in [0.3, 0.4) is 0 Å². The number of aryl methyl sites for hydroxylation is 1. The van der Waals surface area contributed by atoms with E-state index in [0.29, 0.717) is 13.0 Å². The Hall–Kier alpha value is -1.88. The highest BCUT2D eigenvalue weighted by Crippen LogP contribution is 2.25. The topological polar surface area (TPSA) is 54.0 Å². The number of carbonyl (C=O) groups is 1. The number of benzene rings is 1. The Morgan fingerprint density at radius 1 is 1.33 bits per heavy atom. The van der Waals surface area contributed by atoms with Crippen LogP contribution in [0.25, 0.3) is 0 Å². The summed E-state index contributed by atoms with van der Waals surface area (Å²) in [5.41, 5.74) is 5.02. The summed E-state index contributed by atoms with van der Waals surface area (Å²) in [6.45, 7) is 6.75. The van der Waals surface area contributed by atoms with E-state index in [-0.39, 0.29) is 11.9 Å². The van der Waals surface area contributed by atoms with Crippen molar-refractivity contribution in [1.29, 1.82) is 0 Å². The number of aromatic nitrogens is 1. The maximum atomic E-state index is 11.5. The molecule has 0 aliphatic carbocycles. The summed E-state index contributed by atoms with van der Waals surface area (Å²) in [7, 11) is 0. The van der Waals surface area contributed by atoms with Crippen LogP contribution in [0.15, 0.2) is 29.8 Å². The van der Waals surface area contributed by atoms with Gasteiger partial charge in [-0.2, -0.15) is 0 Å². The highest BCUT2D eigenvalue weighted by molar-refractivity contribution is 7.09. The number of nitrogens with zero attached hydrogens (tertiary/aromatic N) is 1. The fraction of sp³-hybridized carbons (Fsp3) is 0.375. The number of thiazole rings is 1. The third-order valence-electron chi connectivity index (χ3n) is 3.25. The molecule has 0 radical (unpaired) electrons. The Morgan fingerprint density at radius 3 is 2.62 bits per heavy atom. The number of nitrogens with one attached hydrogen (secondary N) is 2. The number of amides is 1. The molecule has 2 rings (SSSR count). The van der Waals surface area contributed by atoms with E-state index >= 15 is 0 Å². The van der Waals surface area contributed by atoms with E-state index < -0.39 is 0 Å². The van der Waals surface area contributed by atoms with E-state index in [1.165, 1.54) is 4.88 Å². The predicted molar refractivity (Wildman–Crippen MR) is 87.7 cm³/mol. The van der Waals surface area contributed by atoms with Gasteiger partial charge in [0.1, 0.15) is 0 Å². The average molecular weight is 303 g/mol. The maximum Gasteiger partial charge on any atom is 0.224 e. The SMILES string of the molecule is CCNC(=O)Cc1ccc(NC(C)c2scnc2C)cc1. The summed E-state index contributed by atoms with van der Waals surface area (Å²) in [6, 6.07) is 8.24. The van der Waals surface area contributed by atoms with Gasteiger partial charge in [-0.3, -0.25) is 4.79 Å². The van der Waals surface area contributed by atoms with Crippen molar-refractivity contribution < 1.29 is 4.79 Å². The third-order valence-corrected chi connectivity index (χ3v) is 4.37. The molecule has 5 heteroatoms. The molecule has 0 aliphatic heterocycles. The van der Waals surface area contributed by atoms with Crippen molar-refractivity contribution in [2.24, 2.45) is 0 Å². The van der Waals surface area contributed by atoms with Crippen molar-refractivity contribution in [3.63, 3.8) is 0 Å². The van der Waals surface area contributed by atoms with Crippen LogP contribution in [0.5, 0.6) is 0 Å². The quantitative estimate of drug-likeness (QED) is 0.861. The van der Waals surface area contributed by atoms with Crippen molar-refractivity contribution >= 4 is 22.9 Å². The summed E-state index contributed by atoms with van der Waals surface area (Å²) >= 11 is 1.67. The smallest absolute Gasteiger partial charge is 0.224 e. The lowest BCUT2D eigenvalue weighted by Gasteiger charge is -2.14. The summed E-state index contributed by atoms with van der Waals surface area (Å²) in [4.78, 5) is 17.1. The third kappa shape index (κ3) is 4.29. The Morgan fingerprint density at radius 2 is 2.05 bits per heavy atom. The van der Waals surface area contributed by atoms with Crippen LogP contribution in [0.1, 0.15) is 36.0 Å². The fourth-order valence-corrected chi connectivity index (χ4v) is 3.02. The fourth-order valence-electron chi connectivity index (χ4n) is 2.21. The van der Waals surface area contributed by atoms with Crippen LogP contribution < -0.4 is 10.6 Å². The number of anilines is 1. The largest absolute Gasteiger partial charge is 0.378 e. The van der Waals surface area contributed by atoms with Crippen molar-refractivity contribution in [3.8, 4) is 0 Å². The lowest BCUT2D eigenvalue weighted by molar-refractivity contribution is -0.120. The van der Waals surface area contributed by atoms with Crippen molar-refractivity contribution in [2.75, 3.05) is 11.9 Å². The van der Waals surface area contributed by atoms with Gasteiger partial charge in [-0.05, 0) is 38.5 Å². The zero-order valence-electron chi connectivity index (χ0n) is 12.6. The van der Waals surface area contributed by atoms with Crippen LogP contribution in [0.2, 0.25) is 0 Å². The standard InChI is InChI=1S/C16H21N3OS/c1-4-17-15(20)9-13-5-7-14(8-6-13)19-12(3)16-11(2)18-10-21-16/h5-8,10,12,19H,4,9H2,1-3H3,(H,17,20). The van der Waals surface area contributed by atoms with E-state index in [4.69, 9.17) is 0 Å². The number of hydrogen-bond acceptors (Lipinski definition) is 4. The van der Waals surface area contributed by atoms with Crippen LogP contribution >= 0.6 is 11.3 Å². The first kappa shape index (κ1) is 15.5. The molecule has 2 aromatic rings. The number of likely N-dealkylation sites (N-methyl/N-ethyl adjacent to an activating group) is 1. The van der Waals surface area contributed by atoms with Gasteiger partial charge in [-0.1, -0.05) is 12.1 Å². The number of hydrogen-bond donors (Lipinski definition) is 2. The van der Waals surface area contributed by atoms with Gasteiger partial charge in [0, 0.05) is 17.1 Å². The van der Waals surface area contributed by atoms with E-state index in [0.717, 1.165) is 16.9 Å². The van der Waals surface area contributed by atoms with Gasteiger partial charge < -0.3 is 10.6 Å². The van der Waals surface area contributed by atoms with Crippen LogP contribution in [-0.2, 0) is 11.2 Å². The molecule has 112 valence electrons. The van der Waals surface area contributed by atoms with E-state index in [1.807, 2.05) is 43.6 Å². The molecule has 4 nitrogen and oxygen atoms in total. The summed E-state index contributed by atoms with van der Waals surface area (Å²) in [5.74, 6) is 0.0619. The minimum absolute atomic E-state index is 0.0619. The molecule has 1 aromatic carbocycles. The second-order valence-corrected chi connectivity index (χ2v) is 5.88. The molecule has 2 N–H and O–H groups in total. The Kier molecular flexibility index (Phi) is 5.33. The molecule has 1 aromatic heterocycles. The van der Waals surface area contributed by atoms with E-state index in [1.54, 1.807) is 11.3 Å². The second kappa shape index (κ2) is 7.22. The van der Waals surface area contributed by atoms with Gasteiger partial charge in [-0.25, -0.2) is 4.98 Å². The van der Waals surface area contributed by atoms with Gasteiger partial charge in [-0.15, -0.1) is 11.3 Å². The van der Waals surface area contributed by atoms with Crippen LogP contribution in [0.4, 0.5) is 5.69 Å². The lowest BCUT2D eigenvalue weighted by atomic mass is 10.1. The summed E-state index contributed by atoms with van der Waals surface area (Å²) in [5, 5.41) is 6.27. The summed E-state index contributed by atoms with van der Waals surface area (Å²) < 4.78 is 0. The van der Waals surface area contributed by atoms with Gasteiger partial charge in [0.25, 0.3) is 0 Å². The second-order valence-electron chi connectivity index (χ2n) is 5.00. The Balaban J connectivity index is 1.96. The number of rotatable bonds is 6. The Labute approximate surface area is 129 Å². The lowest BCUT2D eigenvalue weighted by Crippen LogP contribution is -2.24. The molecular formula is C16H21N3OS. The van der Waals surface area contributed by atoms with E-state index in [2.05, 4.69) is 22.5 Å². The molecule has 1 heterocycles. The van der Waals surface area contributed by atoms with Crippen LogP contribution in [-0.4, -0.2) is 17.4 Å². The number of carbonyl (C=O) groups excluding carboxylic acids is 1. The zero-order chi connectivity index (χ0) is 15.2. The molecule has 0 aliphatic rings. The molecule has 0 bridgehead atoms. The van der Waals surface area contributed by atoms with Gasteiger partial charge in [0.15, 0.2) is 0 Å². The first-order chi connectivity index (χ1) is 10.1. The zero-order valence-corrected chi connectivity index (χ0v) is 13.5. The highest BCUT2D eigenvalue weighted by atomic mass is 32.1. The Bertz CT molecular complexity index is 592. The van der Waals surface area contributed by atoms with E-state index in [9.17, 15) is 4.79 Å². The molecule has 1 amide bonds. The average Bonchev–Trinajstić information content (AvgIpc) is 2.87. The molecule has 0 fully saturated rings. The summed E-state index contributed by atoms with van der Waals surface area (Å²) in [6.07, 6.45) is 0.428.